The van der Waals surface area contributed by atoms with Crippen LogP contribution in [-0.4, -0.2) is 29.8 Å². The zero-order valence-corrected chi connectivity index (χ0v) is 6.54. The quantitative estimate of drug-likeness (QED) is 0.437. The molecule has 4 nitrogen and oxygen atoms in total. The zero-order chi connectivity index (χ0) is 8.91. The van der Waals surface area contributed by atoms with Gasteiger partial charge in [-0.15, -0.1) is 6.58 Å². The number of hydrogen-bond donors (Lipinski definition) is 2. The first-order valence-corrected chi connectivity index (χ1v) is 3.21. The van der Waals surface area contributed by atoms with E-state index in [0.29, 0.717) is 6.61 Å². The van der Waals surface area contributed by atoms with Crippen LogP contribution in [0.5, 0.6) is 0 Å². The summed E-state index contributed by atoms with van der Waals surface area (Å²) in [6.07, 6.45) is 1.54. The van der Waals surface area contributed by atoms with Gasteiger partial charge < -0.3 is 15.6 Å². The summed E-state index contributed by atoms with van der Waals surface area (Å²) in [5, 5.41) is 8.51. The van der Waals surface area contributed by atoms with Crippen LogP contribution in [0.25, 0.3) is 0 Å². The maximum absolute atomic E-state index is 10.4. The lowest BCUT2D eigenvalue weighted by atomic mass is 10.1. The number of carbonyl (C=O) groups is 1. The molecule has 0 aromatic carbocycles. The minimum absolute atomic E-state index is 0.00560. The average molecular weight is 159 g/mol. The maximum Gasteiger partial charge on any atom is 0.325 e. The summed E-state index contributed by atoms with van der Waals surface area (Å²) < 4.78 is 4.88. The van der Waals surface area contributed by atoms with E-state index < -0.39 is 11.5 Å². The summed E-state index contributed by atoms with van der Waals surface area (Å²) in [7, 11) is 0. The maximum atomic E-state index is 10.4. The second kappa shape index (κ2) is 4.10. The van der Waals surface area contributed by atoms with Crippen LogP contribution in [0.15, 0.2) is 12.7 Å². The molecule has 3 N–H and O–H groups in total. The largest absolute Gasteiger partial charge is 0.480 e. The smallest absolute Gasteiger partial charge is 0.325 e. The summed E-state index contributed by atoms with van der Waals surface area (Å²) in [6.45, 7) is 5.13. The summed E-state index contributed by atoms with van der Waals surface area (Å²) in [4.78, 5) is 10.4. The first-order valence-electron chi connectivity index (χ1n) is 3.21. The van der Waals surface area contributed by atoms with Crippen LogP contribution in [0.3, 0.4) is 0 Å². The van der Waals surface area contributed by atoms with Crippen molar-refractivity contribution in [3.8, 4) is 0 Å². The van der Waals surface area contributed by atoms with Crippen LogP contribution in [0.2, 0.25) is 0 Å². The van der Waals surface area contributed by atoms with Gasteiger partial charge in [-0.2, -0.15) is 0 Å². The third kappa shape index (κ3) is 3.75. The van der Waals surface area contributed by atoms with Crippen molar-refractivity contribution in [3.63, 3.8) is 0 Å². The van der Waals surface area contributed by atoms with Gasteiger partial charge in [0.05, 0.1) is 13.2 Å². The SMILES string of the molecule is C=CCOC[C@](C)(N)C(=O)O. The summed E-state index contributed by atoms with van der Waals surface area (Å²) in [5.74, 6) is -1.07. The van der Waals surface area contributed by atoms with E-state index in [1.54, 1.807) is 0 Å². The van der Waals surface area contributed by atoms with E-state index in [1.807, 2.05) is 0 Å². The Balaban J connectivity index is 3.72. The Kier molecular flexibility index (Phi) is 3.78. The van der Waals surface area contributed by atoms with Crippen LogP contribution >= 0.6 is 0 Å². The van der Waals surface area contributed by atoms with Crippen molar-refractivity contribution in [2.75, 3.05) is 13.2 Å². The number of rotatable bonds is 5. The van der Waals surface area contributed by atoms with Crippen LogP contribution in [0.4, 0.5) is 0 Å². The predicted octanol–water partition coefficient (Wildman–Crippen LogP) is -0.00900. The number of hydrogen-bond acceptors (Lipinski definition) is 3. The molecule has 0 rings (SSSR count). The van der Waals surface area contributed by atoms with Crippen molar-refractivity contribution in [2.45, 2.75) is 12.5 Å². The first-order chi connectivity index (χ1) is 5.00. The molecule has 0 radical (unpaired) electrons. The molecule has 0 spiro atoms. The van der Waals surface area contributed by atoms with Crippen molar-refractivity contribution < 1.29 is 14.6 Å². The Hall–Kier alpha value is -0.870. The highest BCUT2D eigenvalue weighted by Gasteiger charge is 2.27. The third-order valence-electron chi connectivity index (χ3n) is 1.13. The molecule has 0 heterocycles. The first kappa shape index (κ1) is 10.1. The molecular weight excluding hydrogens is 146 g/mol. The van der Waals surface area contributed by atoms with Crippen LogP contribution in [0.1, 0.15) is 6.92 Å². The van der Waals surface area contributed by atoms with Gasteiger partial charge in [0.2, 0.25) is 0 Å². The molecule has 0 unspecified atom stereocenters. The lowest BCUT2D eigenvalue weighted by molar-refractivity contribution is -0.144. The van der Waals surface area contributed by atoms with Gasteiger partial charge in [0.25, 0.3) is 0 Å². The van der Waals surface area contributed by atoms with E-state index in [-0.39, 0.29) is 6.61 Å². The van der Waals surface area contributed by atoms with E-state index in [0.717, 1.165) is 0 Å². The van der Waals surface area contributed by atoms with E-state index >= 15 is 0 Å². The molecule has 64 valence electrons. The van der Waals surface area contributed by atoms with Gasteiger partial charge in [0, 0.05) is 0 Å². The predicted molar refractivity (Wildman–Crippen MR) is 41.2 cm³/mol. The monoisotopic (exact) mass is 159 g/mol. The molecule has 0 amide bonds. The van der Waals surface area contributed by atoms with Crippen molar-refractivity contribution in [1.82, 2.24) is 0 Å². The van der Waals surface area contributed by atoms with Gasteiger partial charge >= 0.3 is 5.97 Å². The Labute approximate surface area is 65.6 Å². The highest BCUT2D eigenvalue weighted by Crippen LogP contribution is 1.99. The normalized spacial score (nSPS) is 15.5. The minimum Gasteiger partial charge on any atom is -0.480 e. The highest BCUT2D eigenvalue weighted by atomic mass is 16.5. The standard InChI is InChI=1S/C7H13NO3/c1-3-4-11-5-7(2,8)6(9)10/h3H,1,4-5,8H2,2H3,(H,9,10)/t7-/m0/s1. The molecule has 11 heavy (non-hydrogen) atoms. The molecule has 0 aliphatic carbocycles. The molecule has 4 heteroatoms. The van der Waals surface area contributed by atoms with Gasteiger partial charge in [-0.1, -0.05) is 6.08 Å². The van der Waals surface area contributed by atoms with Gasteiger partial charge in [-0.3, -0.25) is 4.79 Å². The van der Waals surface area contributed by atoms with Crippen LogP contribution in [-0.2, 0) is 9.53 Å². The van der Waals surface area contributed by atoms with Gasteiger partial charge in [-0.05, 0) is 6.92 Å². The second-order valence-electron chi connectivity index (χ2n) is 2.53. The van der Waals surface area contributed by atoms with Crippen molar-refractivity contribution in [3.05, 3.63) is 12.7 Å². The lowest BCUT2D eigenvalue weighted by Gasteiger charge is -2.17. The van der Waals surface area contributed by atoms with E-state index in [1.165, 1.54) is 13.0 Å². The number of ether oxygens (including phenoxy) is 1. The molecule has 0 bridgehead atoms. The number of carboxylic acids is 1. The molecule has 0 aromatic heterocycles. The van der Waals surface area contributed by atoms with Gasteiger partial charge in [0.1, 0.15) is 5.54 Å². The molecule has 0 aliphatic heterocycles. The Morgan fingerprint density at radius 2 is 2.45 bits per heavy atom. The van der Waals surface area contributed by atoms with Crippen molar-refractivity contribution >= 4 is 5.97 Å². The fraction of sp³-hybridized carbons (Fsp3) is 0.571. The summed E-state index contributed by atoms with van der Waals surface area (Å²) >= 11 is 0. The highest BCUT2D eigenvalue weighted by molar-refractivity contribution is 5.77. The van der Waals surface area contributed by atoms with Gasteiger partial charge in [-0.25, -0.2) is 0 Å². The molecule has 0 saturated carbocycles. The van der Waals surface area contributed by atoms with Crippen LogP contribution < -0.4 is 5.73 Å². The molecule has 0 aromatic rings. The minimum atomic E-state index is -1.30. The Morgan fingerprint density at radius 3 is 2.82 bits per heavy atom. The topological polar surface area (TPSA) is 72.5 Å². The molecule has 0 aliphatic rings. The van der Waals surface area contributed by atoms with E-state index in [2.05, 4.69) is 6.58 Å². The average Bonchev–Trinajstić information content (AvgIpc) is 1.88. The molecule has 1 atom stereocenters. The number of aliphatic carboxylic acids is 1. The van der Waals surface area contributed by atoms with Crippen LogP contribution in [0, 0.1) is 0 Å². The number of nitrogens with two attached hydrogens (primary N) is 1. The molecular formula is C7H13NO3. The second-order valence-corrected chi connectivity index (χ2v) is 2.53. The molecule has 0 saturated heterocycles. The van der Waals surface area contributed by atoms with Gasteiger partial charge in [0.15, 0.2) is 0 Å². The van der Waals surface area contributed by atoms with Crippen molar-refractivity contribution in [2.24, 2.45) is 5.73 Å². The zero-order valence-electron chi connectivity index (χ0n) is 6.54. The summed E-state index contributed by atoms with van der Waals surface area (Å²) in [5.41, 5.74) is 4.04. The van der Waals surface area contributed by atoms with E-state index in [4.69, 9.17) is 15.6 Å². The Morgan fingerprint density at radius 1 is 1.91 bits per heavy atom. The third-order valence-corrected chi connectivity index (χ3v) is 1.13. The van der Waals surface area contributed by atoms with Crippen molar-refractivity contribution in [1.29, 1.82) is 0 Å². The molecule has 0 fully saturated rings. The fourth-order valence-corrected chi connectivity index (χ4v) is 0.416. The number of carboxylic acid groups (broad SMARTS) is 1. The fourth-order valence-electron chi connectivity index (χ4n) is 0.416. The Bertz CT molecular complexity index is 154. The summed E-state index contributed by atoms with van der Waals surface area (Å²) in [6, 6.07) is 0. The van der Waals surface area contributed by atoms with E-state index in [9.17, 15) is 4.79 Å². The lowest BCUT2D eigenvalue weighted by Crippen LogP contribution is -2.49.